The molecule has 0 aromatic carbocycles. The van der Waals surface area contributed by atoms with Crippen LogP contribution in [0.25, 0.3) is 0 Å². The highest BCUT2D eigenvalue weighted by molar-refractivity contribution is 7.89. The first-order valence-electron chi connectivity index (χ1n) is 5.47. The normalized spacial score (nSPS) is 12.9. The van der Waals surface area contributed by atoms with Crippen molar-refractivity contribution in [3.63, 3.8) is 0 Å². The van der Waals surface area contributed by atoms with Gasteiger partial charge in [-0.25, -0.2) is 13.1 Å². The van der Waals surface area contributed by atoms with E-state index < -0.39 is 10.0 Å². The first-order chi connectivity index (χ1) is 7.74. The van der Waals surface area contributed by atoms with Crippen molar-refractivity contribution in [3.05, 3.63) is 17.9 Å². The van der Waals surface area contributed by atoms with Gasteiger partial charge in [-0.15, -0.1) is 0 Å². The molecule has 0 aliphatic heterocycles. The maximum atomic E-state index is 11.4. The molecular formula is C11H20N2O3S. The Morgan fingerprint density at radius 2 is 1.94 bits per heavy atom. The Kier molecular flexibility index (Phi) is 4.35. The van der Waals surface area contributed by atoms with Gasteiger partial charge in [0.15, 0.2) is 0 Å². The van der Waals surface area contributed by atoms with Crippen LogP contribution in [-0.4, -0.2) is 22.0 Å². The highest BCUT2D eigenvalue weighted by atomic mass is 32.2. The van der Waals surface area contributed by atoms with E-state index in [1.807, 2.05) is 0 Å². The Morgan fingerprint density at radius 3 is 2.47 bits per heavy atom. The third-order valence-corrected chi connectivity index (χ3v) is 3.41. The van der Waals surface area contributed by atoms with Crippen molar-refractivity contribution >= 4 is 10.0 Å². The molecule has 0 spiro atoms. The number of hydrogen-bond acceptors (Lipinski definition) is 4. The minimum Gasteiger partial charge on any atom is -0.447 e. The number of nitrogens with one attached hydrogen (secondary N) is 2. The fourth-order valence-corrected chi connectivity index (χ4v) is 1.92. The van der Waals surface area contributed by atoms with Crippen LogP contribution in [0.3, 0.4) is 0 Å². The molecule has 1 aromatic heterocycles. The molecule has 0 aliphatic rings. The predicted octanol–water partition coefficient (Wildman–Crippen LogP) is 1.32. The van der Waals surface area contributed by atoms with Gasteiger partial charge in [-0.1, -0.05) is 20.8 Å². The first-order valence-corrected chi connectivity index (χ1v) is 6.96. The van der Waals surface area contributed by atoms with E-state index in [1.54, 1.807) is 6.07 Å². The molecule has 17 heavy (non-hydrogen) atoms. The molecule has 0 atom stereocenters. The van der Waals surface area contributed by atoms with Crippen molar-refractivity contribution in [2.45, 2.75) is 32.4 Å². The van der Waals surface area contributed by atoms with Crippen LogP contribution in [0.15, 0.2) is 21.6 Å². The zero-order chi connectivity index (χ0) is 13.1. The first kappa shape index (κ1) is 14.2. The van der Waals surface area contributed by atoms with E-state index >= 15 is 0 Å². The van der Waals surface area contributed by atoms with E-state index in [2.05, 4.69) is 30.8 Å². The molecule has 0 amide bonds. The molecule has 5 nitrogen and oxygen atoms in total. The molecule has 0 saturated carbocycles. The average Bonchev–Trinajstić information content (AvgIpc) is 2.65. The van der Waals surface area contributed by atoms with Crippen LogP contribution in [0.2, 0.25) is 0 Å². The van der Waals surface area contributed by atoms with Gasteiger partial charge in [-0.2, -0.15) is 0 Å². The van der Waals surface area contributed by atoms with E-state index in [-0.39, 0.29) is 10.5 Å². The lowest BCUT2D eigenvalue weighted by atomic mass is 9.97. The molecule has 0 unspecified atom stereocenters. The summed E-state index contributed by atoms with van der Waals surface area (Å²) in [6.45, 7) is 7.73. The largest absolute Gasteiger partial charge is 0.447 e. The summed E-state index contributed by atoms with van der Waals surface area (Å²) in [6.07, 6.45) is 0. The summed E-state index contributed by atoms with van der Waals surface area (Å²) < 4.78 is 30.3. The smallest absolute Gasteiger partial charge is 0.273 e. The van der Waals surface area contributed by atoms with Crippen LogP contribution >= 0.6 is 0 Å². The highest BCUT2D eigenvalue weighted by Gasteiger charge is 2.16. The summed E-state index contributed by atoms with van der Waals surface area (Å²) in [7, 11) is -2.12. The Balaban J connectivity index is 2.58. The van der Waals surface area contributed by atoms with Gasteiger partial charge in [0.1, 0.15) is 5.76 Å². The van der Waals surface area contributed by atoms with Crippen molar-refractivity contribution in [1.82, 2.24) is 10.0 Å². The Labute approximate surface area is 103 Å². The van der Waals surface area contributed by atoms with Gasteiger partial charge in [0.25, 0.3) is 10.0 Å². The lowest BCUT2D eigenvalue weighted by Gasteiger charge is -2.18. The van der Waals surface area contributed by atoms with E-state index in [9.17, 15) is 8.42 Å². The summed E-state index contributed by atoms with van der Waals surface area (Å²) in [5, 5.41) is 3.17. The van der Waals surface area contributed by atoms with Crippen molar-refractivity contribution < 1.29 is 12.8 Å². The highest BCUT2D eigenvalue weighted by Crippen LogP contribution is 2.14. The molecule has 1 aromatic rings. The monoisotopic (exact) mass is 260 g/mol. The summed E-state index contributed by atoms with van der Waals surface area (Å²) in [4.78, 5) is 0. The molecule has 98 valence electrons. The minimum absolute atomic E-state index is 0.0486. The molecule has 1 rings (SSSR count). The van der Waals surface area contributed by atoms with Crippen molar-refractivity contribution in [2.24, 2.45) is 5.41 Å². The van der Waals surface area contributed by atoms with E-state index in [4.69, 9.17) is 4.42 Å². The van der Waals surface area contributed by atoms with Crippen LogP contribution in [0.1, 0.15) is 26.5 Å². The summed E-state index contributed by atoms with van der Waals surface area (Å²) in [5.74, 6) is 0.614. The zero-order valence-corrected chi connectivity index (χ0v) is 11.5. The minimum atomic E-state index is -3.48. The molecular weight excluding hydrogens is 240 g/mol. The van der Waals surface area contributed by atoms with Crippen LogP contribution < -0.4 is 10.0 Å². The van der Waals surface area contributed by atoms with Gasteiger partial charge < -0.3 is 9.73 Å². The quantitative estimate of drug-likeness (QED) is 0.837. The van der Waals surface area contributed by atoms with E-state index in [0.717, 1.165) is 6.54 Å². The van der Waals surface area contributed by atoms with Gasteiger partial charge in [-0.05, 0) is 24.6 Å². The number of sulfonamides is 1. The summed E-state index contributed by atoms with van der Waals surface area (Å²) in [5.41, 5.74) is 0.187. The molecule has 0 aliphatic carbocycles. The lowest BCUT2D eigenvalue weighted by molar-refractivity contribution is 0.353. The van der Waals surface area contributed by atoms with Gasteiger partial charge in [0.05, 0.1) is 6.54 Å². The topological polar surface area (TPSA) is 71.3 Å². The standard InChI is InChI=1S/C11H20N2O3S/c1-11(2,3)8-13-7-9-5-6-10(16-9)17(14,15)12-4/h5-6,12-13H,7-8H2,1-4H3. The Bertz CT molecular complexity index is 457. The average molecular weight is 260 g/mol. The van der Waals surface area contributed by atoms with Crippen LogP contribution in [0.5, 0.6) is 0 Å². The second kappa shape index (κ2) is 5.20. The van der Waals surface area contributed by atoms with Crippen molar-refractivity contribution in [3.8, 4) is 0 Å². The van der Waals surface area contributed by atoms with Crippen molar-refractivity contribution in [1.29, 1.82) is 0 Å². The molecule has 0 bridgehead atoms. The maximum Gasteiger partial charge on any atom is 0.273 e. The molecule has 1 heterocycles. The predicted molar refractivity (Wildman–Crippen MR) is 66.1 cm³/mol. The van der Waals surface area contributed by atoms with Gasteiger partial charge in [0, 0.05) is 6.54 Å². The van der Waals surface area contributed by atoms with Crippen LogP contribution in [0.4, 0.5) is 0 Å². The molecule has 0 saturated heterocycles. The molecule has 6 heteroatoms. The van der Waals surface area contributed by atoms with Gasteiger partial charge >= 0.3 is 0 Å². The maximum absolute atomic E-state index is 11.4. The van der Waals surface area contributed by atoms with Gasteiger partial charge in [-0.3, -0.25) is 0 Å². The SMILES string of the molecule is CNS(=O)(=O)c1ccc(CNCC(C)(C)C)o1. The second-order valence-electron chi connectivity index (χ2n) is 5.09. The molecule has 0 fully saturated rings. The summed E-state index contributed by atoms with van der Waals surface area (Å²) in [6, 6.07) is 3.12. The molecule has 2 N–H and O–H groups in total. The van der Waals surface area contributed by atoms with E-state index in [1.165, 1.54) is 13.1 Å². The zero-order valence-electron chi connectivity index (χ0n) is 10.7. The van der Waals surface area contributed by atoms with Crippen LogP contribution in [-0.2, 0) is 16.6 Å². The number of hydrogen-bond donors (Lipinski definition) is 2. The molecule has 0 radical (unpaired) electrons. The Morgan fingerprint density at radius 1 is 1.29 bits per heavy atom. The fourth-order valence-electron chi connectivity index (χ4n) is 1.26. The third-order valence-electron chi connectivity index (χ3n) is 2.13. The second-order valence-corrected chi connectivity index (χ2v) is 6.91. The summed E-state index contributed by atoms with van der Waals surface area (Å²) >= 11 is 0. The lowest BCUT2D eigenvalue weighted by Crippen LogP contribution is -2.26. The third kappa shape index (κ3) is 4.49. The van der Waals surface area contributed by atoms with Crippen LogP contribution in [0, 0.1) is 5.41 Å². The van der Waals surface area contributed by atoms with Gasteiger partial charge in [0.2, 0.25) is 5.09 Å². The van der Waals surface area contributed by atoms with Crippen molar-refractivity contribution in [2.75, 3.05) is 13.6 Å². The number of rotatable bonds is 5. The number of furan rings is 1. The van der Waals surface area contributed by atoms with E-state index in [0.29, 0.717) is 12.3 Å². The Hall–Kier alpha value is -0.850. The fraction of sp³-hybridized carbons (Fsp3) is 0.636.